The van der Waals surface area contributed by atoms with Crippen LogP contribution in [-0.4, -0.2) is 68.6 Å². The van der Waals surface area contributed by atoms with Crippen LogP contribution < -0.4 is 14.4 Å². The maximum Gasteiger partial charge on any atom is 0.195 e. The molecule has 0 N–H and O–H groups in total. The van der Waals surface area contributed by atoms with Crippen molar-refractivity contribution in [2.45, 2.75) is 19.8 Å². The van der Waals surface area contributed by atoms with Crippen LogP contribution in [0.25, 0.3) is 64.1 Å². The third-order valence-corrected chi connectivity index (χ3v) is 11.8. The van der Waals surface area contributed by atoms with Crippen molar-refractivity contribution in [2.75, 3.05) is 44.6 Å². The Bertz CT molecular complexity index is 2750. The number of aromatic nitrogens is 6. The van der Waals surface area contributed by atoms with Gasteiger partial charge in [-0.1, -0.05) is 59.1 Å². The maximum absolute atomic E-state index is 12.3. The van der Waals surface area contributed by atoms with Gasteiger partial charge in [0.2, 0.25) is 0 Å². The van der Waals surface area contributed by atoms with Crippen LogP contribution in [0.1, 0.15) is 18.5 Å². The van der Waals surface area contributed by atoms with Gasteiger partial charge in [-0.15, -0.1) is 0 Å². The molecule has 0 saturated carbocycles. The van der Waals surface area contributed by atoms with E-state index in [9.17, 15) is 8.78 Å². The Labute approximate surface area is 329 Å². The lowest BCUT2D eigenvalue weighted by Crippen LogP contribution is -2.17. The van der Waals surface area contributed by atoms with E-state index in [0.29, 0.717) is 11.5 Å². The minimum absolute atomic E-state index is 0.0718. The van der Waals surface area contributed by atoms with Gasteiger partial charge in [0.15, 0.2) is 9.92 Å². The highest BCUT2D eigenvalue weighted by Crippen LogP contribution is 2.34. The van der Waals surface area contributed by atoms with Crippen LogP contribution >= 0.6 is 22.7 Å². The molecule has 0 spiro atoms. The van der Waals surface area contributed by atoms with Crippen LogP contribution in [-0.2, 0) is 0 Å². The van der Waals surface area contributed by atoms with Crippen molar-refractivity contribution >= 4 is 58.7 Å². The van der Waals surface area contributed by atoms with Gasteiger partial charge in [-0.25, -0.2) is 18.7 Å². The summed E-state index contributed by atoms with van der Waals surface area (Å²) in [6, 6.07) is 32.4. The van der Waals surface area contributed by atoms with Crippen molar-refractivity contribution in [3.63, 3.8) is 0 Å². The highest BCUT2D eigenvalue weighted by atomic mass is 32.1. The lowest BCUT2D eigenvalue weighted by atomic mass is 10.1. The number of hydrogen-bond donors (Lipinski definition) is 0. The molecule has 1 saturated heterocycles. The third-order valence-electron chi connectivity index (χ3n) is 9.73. The molecule has 4 aromatic carbocycles. The number of ether oxygens (including phenoxy) is 2. The maximum atomic E-state index is 12.3. The second-order valence-corrected chi connectivity index (χ2v) is 15.5. The Morgan fingerprint density at radius 2 is 1.09 bits per heavy atom. The largest absolute Gasteiger partial charge is 0.491 e. The summed E-state index contributed by atoms with van der Waals surface area (Å²) in [5.41, 5.74) is 10.3. The normalized spacial score (nSPS) is 12.9. The fourth-order valence-corrected chi connectivity index (χ4v) is 8.99. The Morgan fingerprint density at radius 3 is 1.57 bits per heavy atom. The van der Waals surface area contributed by atoms with E-state index < -0.39 is 13.3 Å². The molecule has 0 radical (unpaired) electrons. The molecule has 13 heteroatoms. The van der Waals surface area contributed by atoms with Crippen LogP contribution in [0, 0.1) is 6.92 Å². The average Bonchev–Trinajstić information content (AvgIpc) is 4.08. The second-order valence-electron chi connectivity index (χ2n) is 13.5. The van der Waals surface area contributed by atoms with E-state index in [2.05, 4.69) is 66.5 Å². The van der Waals surface area contributed by atoms with Gasteiger partial charge in [-0.3, -0.25) is 8.80 Å². The number of anilines is 1. The van der Waals surface area contributed by atoms with E-state index in [1.54, 1.807) is 22.7 Å². The van der Waals surface area contributed by atoms with E-state index in [4.69, 9.17) is 19.4 Å². The first-order chi connectivity index (χ1) is 27.5. The van der Waals surface area contributed by atoms with Gasteiger partial charge < -0.3 is 14.4 Å². The van der Waals surface area contributed by atoms with Gasteiger partial charge in [0.05, 0.1) is 43.2 Å². The van der Waals surface area contributed by atoms with Crippen molar-refractivity contribution in [3.8, 4) is 45.3 Å². The lowest BCUT2D eigenvalue weighted by molar-refractivity contribution is 0.273. The van der Waals surface area contributed by atoms with Crippen LogP contribution in [0.4, 0.5) is 14.5 Å². The number of fused-ring (bicyclic) bond motifs is 6. The zero-order valence-corrected chi connectivity index (χ0v) is 32.2. The topological polar surface area (TPSA) is 82.1 Å². The number of thiazole rings is 2. The second kappa shape index (κ2) is 15.7. The van der Waals surface area contributed by atoms with E-state index in [1.165, 1.54) is 18.5 Å². The standard InChI is InChI=1S/C22H17FN4OS.C21H20FN3OS/c1-14-2-8-18(26-25-14)15-3-5-16(6-4-15)19-13-27-20-9-7-17(28-11-10-23)12-21(20)29-22(27)24-19;22-9-12-26-17-7-8-19-20(13-17)27-21-23-18(14-25(19)21)15-3-5-16(6-4-15)24-10-1-2-11-24/h2-9,12-13H,10-11H2,1H3;3-8,13-14H,1-2,9-12H2. The Balaban J connectivity index is 0.000000147. The molecule has 1 aliphatic rings. The summed E-state index contributed by atoms with van der Waals surface area (Å²) in [6.07, 6.45) is 6.69. The number of aryl methyl sites for hydroxylation is 1. The molecular formula is C43H37F2N7O2S2. The lowest BCUT2D eigenvalue weighted by Gasteiger charge is -2.17. The Morgan fingerprint density at radius 1 is 0.589 bits per heavy atom. The number of hydrogen-bond acceptors (Lipinski definition) is 9. The number of imidazole rings is 2. The van der Waals surface area contributed by atoms with E-state index in [0.717, 1.165) is 82.9 Å². The third kappa shape index (κ3) is 7.27. The molecule has 6 heterocycles. The van der Waals surface area contributed by atoms with E-state index >= 15 is 0 Å². The molecule has 0 amide bonds. The van der Waals surface area contributed by atoms with Crippen LogP contribution in [0.15, 0.2) is 109 Å². The smallest absolute Gasteiger partial charge is 0.195 e. The molecule has 10 rings (SSSR count). The highest BCUT2D eigenvalue weighted by molar-refractivity contribution is 7.24. The zero-order chi connectivity index (χ0) is 38.0. The van der Waals surface area contributed by atoms with Gasteiger partial charge in [-0.2, -0.15) is 10.2 Å². The van der Waals surface area contributed by atoms with Crippen LogP contribution in [0.3, 0.4) is 0 Å². The molecule has 282 valence electrons. The highest BCUT2D eigenvalue weighted by Gasteiger charge is 2.15. The predicted octanol–water partition coefficient (Wildman–Crippen LogP) is 10.5. The predicted molar refractivity (Wildman–Crippen MR) is 222 cm³/mol. The Kier molecular flexibility index (Phi) is 10.0. The molecule has 56 heavy (non-hydrogen) atoms. The van der Waals surface area contributed by atoms with Crippen LogP contribution in [0.5, 0.6) is 11.5 Å². The fourth-order valence-electron chi connectivity index (χ4n) is 6.92. The van der Waals surface area contributed by atoms with Crippen molar-refractivity contribution < 1.29 is 18.3 Å². The van der Waals surface area contributed by atoms with Crippen molar-refractivity contribution in [1.29, 1.82) is 0 Å². The molecule has 0 atom stereocenters. The van der Waals surface area contributed by atoms with Gasteiger partial charge in [0.1, 0.15) is 38.1 Å². The molecule has 9 nitrogen and oxygen atoms in total. The summed E-state index contributed by atoms with van der Waals surface area (Å²) < 4.78 is 41.7. The fraction of sp³-hybridized carbons (Fsp3) is 0.209. The first-order valence-corrected chi connectivity index (χ1v) is 20.1. The molecule has 5 aromatic heterocycles. The van der Waals surface area contributed by atoms with E-state index in [-0.39, 0.29) is 13.2 Å². The number of benzene rings is 4. The number of nitrogens with zero attached hydrogens (tertiary/aromatic N) is 7. The monoisotopic (exact) mass is 785 g/mol. The summed E-state index contributed by atoms with van der Waals surface area (Å²) in [7, 11) is 0. The average molecular weight is 786 g/mol. The number of rotatable bonds is 10. The van der Waals surface area contributed by atoms with E-state index in [1.807, 2.05) is 73.8 Å². The summed E-state index contributed by atoms with van der Waals surface area (Å²) in [5, 5.41) is 8.36. The van der Waals surface area contributed by atoms with Crippen molar-refractivity contribution in [1.82, 2.24) is 29.0 Å². The molecule has 0 unspecified atom stereocenters. The molecule has 9 aromatic rings. The SMILES string of the molecule is Cc1ccc(-c2ccc(-c3cn4c(n3)sc3cc(OCCF)ccc34)cc2)nn1.FCCOc1ccc2c(c1)sc1nc(-c3ccc(N4CCCC4)cc3)cn12. The van der Waals surface area contributed by atoms with Gasteiger partial charge in [0, 0.05) is 47.9 Å². The quantitative estimate of drug-likeness (QED) is 0.137. The van der Waals surface area contributed by atoms with Gasteiger partial charge >= 0.3 is 0 Å². The molecular weight excluding hydrogens is 749 g/mol. The zero-order valence-electron chi connectivity index (χ0n) is 30.6. The summed E-state index contributed by atoms with van der Waals surface area (Å²) >= 11 is 3.20. The number of halogens is 2. The molecule has 0 aliphatic carbocycles. The first kappa shape index (κ1) is 35.8. The van der Waals surface area contributed by atoms with Crippen LogP contribution in [0.2, 0.25) is 0 Å². The number of alkyl halides is 2. The van der Waals surface area contributed by atoms with Crippen molar-refractivity contribution in [2.24, 2.45) is 0 Å². The molecule has 1 aliphatic heterocycles. The molecule has 1 fully saturated rings. The summed E-state index contributed by atoms with van der Waals surface area (Å²) in [4.78, 5) is 13.9. The Hall–Kier alpha value is -5.92. The first-order valence-electron chi connectivity index (χ1n) is 18.5. The minimum Gasteiger partial charge on any atom is -0.491 e. The van der Waals surface area contributed by atoms with Gasteiger partial charge in [-0.05, 0) is 80.4 Å². The van der Waals surface area contributed by atoms with Crippen molar-refractivity contribution in [3.05, 3.63) is 115 Å². The summed E-state index contributed by atoms with van der Waals surface area (Å²) in [5.74, 6) is 1.37. The summed E-state index contributed by atoms with van der Waals surface area (Å²) in [6.45, 7) is 3.42. The minimum atomic E-state index is -0.496. The molecule has 0 bridgehead atoms. The van der Waals surface area contributed by atoms with Gasteiger partial charge in [0.25, 0.3) is 0 Å².